The molecule has 1 aromatic heterocycles. The molecule has 0 saturated heterocycles. The topological polar surface area (TPSA) is 90.4 Å². The number of nitrogens with zero attached hydrogens (tertiary/aromatic N) is 1. The average molecular weight is 289 g/mol. The normalized spacial score (nSPS) is 10.7. The van der Waals surface area contributed by atoms with E-state index >= 15 is 0 Å². The van der Waals surface area contributed by atoms with Gasteiger partial charge in [-0.05, 0) is 30.0 Å². The van der Waals surface area contributed by atoms with Crippen LogP contribution in [0, 0.1) is 6.92 Å². The van der Waals surface area contributed by atoms with E-state index in [2.05, 4.69) is 25.1 Å². The van der Waals surface area contributed by atoms with Gasteiger partial charge in [-0.25, -0.2) is 5.84 Å². The molecule has 112 valence electrons. The number of aryl methyl sites for hydroxylation is 1. The minimum atomic E-state index is -0.497. The highest BCUT2D eigenvalue weighted by Crippen LogP contribution is 2.25. The first kappa shape index (κ1) is 15.1. The fourth-order valence-electron chi connectivity index (χ4n) is 1.84. The Labute approximate surface area is 123 Å². The smallest absolute Gasteiger partial charge is 0.287 e. The SMILES string of the molecule is Cc1ccc(C(C)C)cc1OCc1cc(C(=O)NN)no1. The molecule has 3 N–H and O–H groups in total. The fraction of sp³-hybridized carbons (Fsp3) is 0.333. The van der Waals surface area contributed by atoms with Gasteiger partial charge in [-0.2, -0.15) is 0 Å². The third-order valence-corrected chi connectivity index (χ3v) is 3.17. The number of hydrogen-bond donors (Lipinski definition) is 2. The van der Waals surface area contributed by atoms with Gasteiger partial charge in [-0.3, -0.25) is 10.2 Å². The predicted molar refractivity (Wildman–Crippen MR) is 77.8 cm³/mol. The van der Waals surface area contributed by atoms with Gasteiger partial charge in [0.25, 0.3) is 5.91 Å². The minimum Gasteiger partial charge on any atom is -0.485 e. The van der Waals surface area contributed by atoms with Crippen LogP contribution < -0.4 is 16.0 Å². The third kappa shape index (κ3) is 3.61. The molecule has 0 bridgehead atoms. The van der Waals surface area contributed by atoms with Gasteiger partial charge in [0.1, 0.15) is 12.4 Å². The fourth-order valence-corrected chi connectivity index (χ4v) is 1.84. The van der Waals surface area contributed by atoms with Crippen LogP contribution >= 0.6 is 0 Å². The predicted octanol–water partition coefficient (Wildman–Crippen LogP) is 2.29. The van der Waals surface area contributed by atoms with Crippen LogP contribution in [0.3, 0.4) is 0 Å². The maximum Gasteiger partial charge on any atom is 0.287 e. The molecule has 0 aliphatic rings. The molecule has 6 nitrogen and oxygen atoms in total. The van der Waals surface area contributed by atoms with Crippen LogP contribution in [-0.2, 0) is 6.61 Å². The standard InChI is InChI=1S/C15H19N3O3/c1-9(2)11-5-4-10(3)14(6-11)20-8-12-7-13(18-21-12)15(19)17-16/h4-7,9H,8,16H2,1-3H3,(H,17,19). The average Bonchev–Trinajstić information content (AvgIpc) is 2.94. The van der Waals surface area contributed by atoms with E-state index in [1.807, 2.05) is 24.5 Å². The van der Waals surface area contributed by atoms with E-state index in [4.69, 9.17) is 15.1 Å². The van der Waals surface area contributed by atoms with Crippen molar-refractivity contribution in [1.82, 2.24) is 10.6 Å². The second kappa shape index (κ2) is 6.41. The zero-order chi connectivity index (χ0) is 15.4. The van der Waals surface area contributed by atoms with E-state index in [1.54, 1.807) is 0 Å². The molecule has 0 unspecified atom stereocenters. The van der Waals surface area contributed by atoms with Crippen molar-refractivity contribution in [2.75, 3.05) is 0 Å². The number of carbonyl (C=O) groups excluding carboxylic acids is 1. The molecule has 0 saturated carbocycles. The number of hydrazine groups is 1. The van der Waals surface area contributed by atoms with Gasteiger partial charge >= 0.3 is 0 Å². The van der Waals surface area contributed by atoms with Gasteiger partial charge in [-0.1, -0.05) is 31.1 Å². The summed E-state index contributed by atoms with van der Waals surface area (Å²) in [5, 5.41) is 3.62. The number of nitrogen functional groups attached to an aromatic ring is 1. The molecular formula is C15H19N3O3. The van der Waals surface area contributed by atoms with Crippen LogP contribution in [0.5, 0.6) is 5.75 Å². The maximum atomic E-state index is 11.3. The lowest BCUT2D eigenvalue weighted by Crippen LogP contribution is -2.30. The van der Waals surface area contributed by atoms with Crippen molar-refractivity contribution in [2.24, 2.45) is 5.84 Å². The molecule has 21 heavy (non-hydrogen) atoms. The largest absolute Gasteiger partial charge is 0.485 e. The number of rotatable bonds is 5. The van der Waals surface area contributed by atoms with Gasteiger partial charge in [0, 0.05) is 6.07 Å². The lowest BCUT2D eigenvalue weighted by atomic mass is 10.0. The Balaban J connectivity index is 2.07. The summed E-state index contributed by atoms with van der Waals surface area (Å²) < 4.78 is 10.8. The summed E-state index contributed by atoms with van der Waals surface area (Å²) in [6, 6.07) is 7.64. The summed E-state index contributed by atoms with van der Waals surface area (Å²) in [7, 11) is 0. The molecule has 6 heteroatoms. The van der Waals surface area contributed by atoms with Crippen molar-refractivity contribution in [3.8, 4) is 5.75 Å². The number of carbonyl (C=O) groups is 1. The summed E-state index contributed by atoms with van der Waals surface area (Å²) in [5.74, 6) is 6.22. The van der Waals surface area contributed by atoms with E-state index in [0.717, 1.165) is 11.3 Å². The van der Waals surface area contributed by atoms with Crippen LogP contribution in [0.1, 0.15) is 47.1 Å². The van der Waals surface area contributed by atoms with Crippen molar-refractivity contribution in [3.63, 3.8) is 0 Å². The molecule has 0 aliphatic carbocycles. The lowest BCUT2D eigenvalue weighted by Gasteiger charge is -2.11. The summed E-state index contributed by atoms with van der Waals surface area (Å²) >= 11 is 0. The number of nitrogens with one attached hydrogen (secondary N) is 1. The van der Waals surface area contributed by atoms with Gasteiger partial charge in [0.15, 0.2) is 11.5 Å². The van der Waals surface area contributed by atoms with E-state index in [-0.39, 0.29) is 12.3 Å². The van der Waals surface area contributed by atoms with Crippen molar-refractivity contribution < 1.29 is 14.1 Å². The first-order valence-corrected chi connectivity index (χ1v) is 6.71. The minimum absolute atomic E-state index is 0.128. The lowest BCUT2D eigenvalue weighted by molar-refractivity contribution is 0.0944. The van der Waals surface area contributed by atoms with Gasteiger partial charge in [0.2, 0.25) is 0 Å². The zero-order valence-corrected chi connectivity index (χ0v) is 12.3. The molecule has 2 rings (SSSR count). The van der Waals surface area contributed by atoms with Gasteiger partial charge in [0.05, 0.1) is 0 Å². The molecule has 1 heterocycles. The highest BCUT2D eigenvalue weighted by atomic mass is 16.5. The van der Waals surface area contributed by atoms with Crippen molar-refractivity contribution in [3.05, 3.63) is 46.8 Å². The van der Waals surface area contributed by atoms with E-state index < -0.39 is 5.91 Å². The second-order valence-electron chi connectivity index (χ2n) is 5.12. The number of aromatic nitrogens is 1. The first-order chi connectivity index (χ1) is 10.0. The summed E-state index contributed by atoms with van der Waals surface area (Å²) in [6.07, 6.45) is 0. The summed E-state index contributed by atoms with van der Waals surface area (Å²) in [4.78, 5) is 11.3. The Kier molecular flexibility index (Phi) is 4.59. The van der Waals surface area contributed by atoms with E-state index in [0.29, 0.717) is 11.7 Å². The monoisotopic (exact) mass is 289 g/mol. The maximum absolute atomic E-state index is 11.3. The molecule has 2 aromatic rings. The number of amides is 1. The van der Waals surface area contributed by atoms with Crippen LogP contribution in [0.4, 0.5) is 0 Å². The van der Waals surface area contributed by atoms with Crippen LogP contribution in [-0.4, -0.2) is 11.1 Å². The zero-order valence-electron chi connectivity index (χ0n) is 12.3. The Morgan fingerprint density at radius 1 is 1.43 bits per heavy atom. The molecule has 1 amide bonds. The molecular weight excluding hydrogens is 270 g/mol. The van der Waals surface area contributed by atoms with E-state index in [9.17, 15) is 4.79 Å². The molecule has 0 atom stereocenters. The number of hydrogen-bond acceptors (Lipinski definition) is 5. The molecule has 0 spiro atoms. The number of nitrogens with two attached hydrogens (primary N) is 1. The Hall–Kier alpha value is -2.34. The van der Waals surface area contributed by atoms with Crippen molar-refractivity contribution in [2.45, 2.75) is 33.3 Å². The van der Waals surface area contributed by atoms with E-state index in [1.165, 1.54) is 11.6 Å². The number of ether oxygens (including phenoxy) is 1. The summed E-state index contributed by atoms with van der Waals surface area (Å²) in [5.41, 5.74) is 4.37. The van der Waals surface area contributed by atoms with Gasteiger partial charge < -0.3 is 9.26 Å². The highest BCUT2D eigenvalue weighted by Gasteiger charge is 2.12. The molecule has 1 aromatic carbocycles. The molecule has 0 fully saturated rings. The third-order valence-electron chi connectivity index (χ3n) is 3.17. The van der Waals surface area contributed by atoms with Crippen LogP contribution in [0.25, 0.3) is 0 Å². The summed E-state index contributed by atoms with van der Waals surface area (Å²) in [6.45, 7) is 6.44. The van der Waals surface area contributed by atoms with Crippen LogP contribution in [0.15, 0.2) is 28.8 Å². The second-order valence-corrected chi connectivity index (χ2v) is 5.12. The van der Waals surface area contributed by atoms with Crippen LogP contribution in [0.2, 0.25) is 0 Å². The Morgan fingerprint density at radius 2 is 2.19 bits per heavy atom. The quantitative estimate of drug-likeness (QED) is 0.500. The number of benzene rings is 1. The first-order valence-electron chi connectivity index (χ1n) is 6.71. The Bertz CT molecular complexity index is 635. The van der Waals surface area contributed by atoms with Gasteiger partial charge in [-0.15, -0.1) is 0 Å². The highest BCUT2D eigenvalue weighted by molar-refractivity contribution is 5.91. The molecule has 0 radical (unpaired) electrons. The molecule has 0 aliphatic heterocycles. The van der Waals surface area contributed by atoms with Crippen molar-refractivity contribution >= 4 is 5.91 Å². The van der Waals surface area contributed by atoms with Crippen molar-refractivity contribution in [1.29, 1.82) is 0 Å². The Morgan fingerprint density at radius 3 is 2.86 bits per heavy atom.